The average Bonchev–Trinajstić information content (AvgIpc) is 2.53. The molecule has 0 atom stereocenters. The number of ether oxygens (including phenoxy) is 2. The highest BCUT2D eigenvalue weighted by atomic mass is 35.5. The molecule has 21 heavy (non-hydrogen) atoms. The fraction of sp³-hybridized carbons (Fsp3) is 0.118. The zero-order chi connectivity index (χ0) is 15.2. The van der Waals surface area contributed by atoms with Crippen LogP contribution >= 0.6 is 11.6 Å². The quantitative estimate of drug-likeness (QED) is 0.642. The molecule has 0 aliphatic rings. The van der Waals surface area contributed by atoms with Crippen LogP contribution in [-0.4, -0.2) is 20.0 Å². The molecule has 106 valence electrons. The molecule has 0 bridgehead atoms. The lowest BCUT2D eigenvalue weighted by Crippen LogP contribution is -1.99. The molecule has 2 aromatic rings. The Morgan fingerprint density at radius 2 is 1.76 bits per heavy atom. The molecule has 0 N–H and O–H groups in total. The van der Waals surface area contributed by atoms with Gasteiger partial charge in [-0.15, -0.1) is 0 Å². The number of rotatable bonds is 3. The summed E-state index contributed by atoms with van der Waals surface area (Å²) in [6, 6.07) is 12.0. The minimum Gasteiger partial charge on any atom is -0.497 e. The number of halogens is 1. The predicted molar refractivity (Wildman–Crippen MR) is 82.2 cm³/mol. The van der Waals surface area contributed by atoms with Crippen LogP contribution in [0.25, 0.3) is 0 Å². The molecule has 0 fully saturated rings. The first-order chi connectivity index (χ1) is 10.1. The van der Waals surface area contributed by atoms with E-state index in [1.54, 1.807) is 49.6 Å². The van der Waals surface area contributed by atoms with Gasteiger partial charge in [-0.1, -0.05) is 17.5 Å². The van der Waals surface area contributed by atoms with Crippen molar-refractivity contribution >= 4 is 17.4 Å². The van der Waals surface area contributed by atoms with Crippen LogP contribution in [0.5, 0.6) is 11.5 Å². The van der Waals surface area contributed by atoms with Crippen LogP contribution in [0.4, 0.5) is 0 Å². The maximum Gasteiger partial charge on any atom is 0.240 e. The lowest BCUT2D eigenvalue weighted by Gasteiger charge is -2.04. The second kappa shape index (κ2) is 6.83. The van der Waals surface area contributed by atoms with Gasteiger partial charge < -0.3 is 9.47 Å². The normalized spacial score (nSPS) is 9.48. The van der Waals surface area contributed by atoms with Crippen LogP contribution in [0.2, 0.25) is 5.02 Å². The van der Waals surface area contributed by atoms with Crippen LogP contribution < -0.4 is 9.47 Å². The fourth-order valence-electron chi connectivity index (χ4n) is 1.73. The molecule has 0 amide bonds. The second-order valence-corrected chi connectivity index (χ2v) is 4.59. The Balaban J connectivity index is 2.25. The van der Waals surface area contributed by atoms with Crippen LogP contribution in [0, 0.1) is 11.8 Å². The van der Waals surface area contributed by atoms with Gasteiger partial charge in [-0.2, -0.15) is 0 Å². The van der Waals surface area contributed by atoms with Gasteiger partial charge in [0.05, 0.1) is 19.8 Å². The highest BCUT2D eigenvalue weighted by molar-refractivity contribution is 6.31. The van der Waals surface area contributed by atoms with Gasteiger partial charge in [0.1, 0.15) is 11.5 Å². The lowest BCUT2D eigenvalue weighted by atomic mass is 10.1. The highest BCUT2D eigenvalue weighted by Gasteiger charge is 2.10. The Morgan fingerprint density at radius 3 is 2.38 bits per heavy atom. The predicted octanol–water partition coefficient (Wildman–Crippen LogP) is 3.59. The Labute approximate surface area is 128 Å². The van der Waals surface area contributed by atoms with Gasteiger partial charge in [0.25, 0.3) is 0 Å². The number of carbonyl (C=O) groups is 1. The molecular formula is C17H13ClO3. The molecule has 0 aliphatic carbocycles. The summed E-state index contributed by atoms with van der Waals surface area (Å²) in [5.41, 5.74) is 1.08. The smallest absolute Gasteiger partial charge is 0.240 e. The molecular weight excluding hydrogens is 288 g/mol. The number of hydrogen-bond acceptors (Lipinski definition) is 3. The van der Waals surface area contributed by atoms with Crippen LogP contribution in [0.15, 0.2) is 42.5 Å². The maximum atomic E-state index is 12.1. The van der Waals surface area contributed by atoms with Gasteiger partial charge in [0, 0.05) is 10.6 Å². The van der Waals surface area contributed by atoms with Gasteiger partial charge in [0.15, 0.2) is 0 Å². The van der Waals surface area contributed by atoms with Crippen LogP contribution in [-0.2, 0) is 0 Å². The van der Waals surface area contributed by atoms with Gasteiger partial charge in [-0.05, 0) is 48.4 Å². The van der Waals surface area contributed by atoms with Gasteiger partial charge in [0.2, 0.25) is 5.78 Å². The molecule has 0 aromatic heterocycles. The van der Waals surface area contributed by atoms with E-state index in [-0.39, 0.29) is 5.78 Å². The highest BCUT2D eigenvalue weighted by Crippen LogP contribution is 2.22. The van der Waals surface area contributed by atoms with Crippen LogP contribution in [0.1, 0.15) is 15.9 Å². The fourth-order valence-corrected chi connectivity index (χ4v) is 1.90. The lowest BCUT2D eigenvalue weighted by molar-refractivity contribution is 0.105. The largest absolute Gasteiger partial charge is 0.497 e. The number of ketones is 1. The van der Waals surface area contributed by atoms with Crippen molar-refractivity contribution in [3.63, 3.8) is 0 Å². The third-order valence-electron chi connectivity index (χ3n) is 2.82. The summed E-state index contributed by atoms with van der Waals surface area (Å²) in [5, 5.41) is 0.463. The summed E-state index contributed by atoms with van der Waals surface area (Å²) in [7, 11) is 3.09. The van der Waals surface area contributed by atoms with Crippen molar-refractivity contribution in [2.24, 2.45) is 0 Å². The van der Waals surface area contributed by atoms with E-state index in [0.717, 1.165) is 11.3 Å². The van der Waals surface area contributed by atoms with Crippen molar-refractivity contribution in [1.29, 1.82) is 0 Å². The van der Waals surface area contributed by atoms with E-state index in [9.17, 15) is 4.79 Å². The Kier molecular flexibility index (Phi) is 4.86. The first kappa shape index (κ1) is 15.0. The molecule has 0 saturated heterocycles. The summed E-state index contributed by atoms with van der Waals surface area (Å²) in [6.07, 6.45) is 0. The average molecular weight is 301 g/mol. The van der Waals surface area contributed by atoms with Crippen LogP contribution in [0.3, 0.4) is 0 Å². The molecule has 0 aliphatic heterocycles. The van der Waals surface area contributed by atoms with Crippen molar-refractivity contribution in [3.8, 4) is 23.3 Å². The van der Waals surface area contributed by atoms with Crippen molar-refractivity contribution in [3.05, 3.63) is 58.6 Å². The summed E-state index contributed by atoms with van der Waals surface area (Å²) in [6.45, 7) is 0. The first-order valence-corrected chi connectivity index (χ1v) is 6.56. The molecule has 4 heteroatoms. The van der Waals surface area contributed by atoms with Crippen molar-refractivity contribution in [2.75, 3.05) is 14.2 Å². The number of benzene rings is 2. The van der Waals surface area contributed by atoms with E-state index in [4.69, 9.17) is 21.1 Å². The Hall–Kier alpha value is -2.44. The van der Waals surface area contributed by atoms with Gasteiger partial charge in [-0.25, -0.2) is 0 Å². The molecule has 0 radical (unpaired) electrons. The minimum absolute atomic E-state index is 0.342. The van der Waals surface area contributed by atoms with E-state index in [1.165, 1.54) is 7.11 Å². The van der Waals surface area contributed by atoms with E-state index in [0.29, 0.717) is 16.3 Å². The molecule has 2 aromatic carbocycles. The van der Waals surface area contributed by atoms with E-state index >= 15 is 0 Å². The Bertz CT molecular complexity index is 709. The third kappa shape index (κ3) is 3.77. The summed E-state index contributed by atoms with van der Waals surface area (Å²) in [5.74, 6) is 6.25. The first-order valence-electron chi connectivity index (χ1n) is 6.18. The van der Waals surface area contributed by atoms with E-state index < -0.39 is 0 Å². The molecule has 3 nitrogen and oxygen atoms in total. The molecule has 0 heterocycles. The second-order valence-electron chi connectivity index (χ2n) is 4.15. The molecule has 0 unspecified atom stereocenters. The standard InChI is InChI=1S/C17H13ClO3/c1-20-14-7-3-12(4-8-14)5-9-16(19)15-11-13(18)6-10-17(15)21-2/h3-4,6-8,10-11H,1-2H3. The summed E-state index contributed by atoms with van der Waals surface area (Å²) >= 11 is 5.90. The van der Waals surface area contributed by atoms with Gasteiger partial charge in [-0.3, -0.25) is 4.79 Å². The number of methoxy groups -OCH3 is 2. The van der Waals surface area contributed by atoms with E-state index in [2.05, 4.69) is 11.8 Å². The van der Waals surface area contributed by atoms with E-state index in [1.807, 2.05) is 0 Å². The summed E-state index contributed by atoms with van der Waals surface area (Å²) in [4.78, 5) is 12.1. The molecule has 0 saturated carbocycles. The monoisotopic (exact) mass is 300 g/mol. The summed E-state index contributed by atoms with van der Waals surface area (Å²) < 4.78 is 10.2. The topological polar surface area (TPSA) is 35.5 Å². The zero-order valence-corrected chi connectivity index (χ0v) is 12.4. The van der Waals surface area contributed by atoms with Crippen molar-refractivity contribution in [2.45, 2.75) is 0 Å². The molecule has 2 rings (SSSR count). The SMILES string of the molecule is COc1ccc(C#CC(=O)c2cc(Cl)ccc2OC)cc1. The van der Waals surface area contributed by atoms with Crippen molar-refractivity contribution in [1.82, 2.24) is 0 Å². The number of carbonyl (C=O) groups excluding carboxylic acids is 1. The van der Waals surface area contributed by atoms with Crippen molar-refractivity contribution < 1.29 is 14.3 Å². The number of hydrogen-bond donors (Lipinski definition) is 0. The minimum atomic E-state index is -0.342. The third-order valence-corrected chi connectivity index (χ3v) is 3.05. The zero-order valence-electron chi connectivity index (χ0n) is 11.6. The number of Topliss-reactive ketones (excluding diaryl/α,β-unsaturated/α-hetero) is 1. The maximum absolute atomic E-state index is 12.1. The Morgan fingerprint density at radius 1 is 1.05 bits per heavy atom. The van der Waals surface area contributed by atoms with Gasteiger partial charge >= 0.3 is 0 Å². The molecule has 0 spiro atoms.